The molecule has 3 N–H and O–H groups in total. The number of hydrogen-bond donors (Lipinski definition) is 3. The van der Waals surface area contributed by atoms with E-state index in [4.69, 9.17) is 15.2 Å². The third-order valence-corrected chi connectivity index (χ3v) is 0.365. The third-order valence-electron chi connectivity index (χ3n) is 0.365. The summed E-state index contributed by atoms with van der Waals surface area (Å²) in [5.41, 5.74) is 0.176. The number of carboxylic acids is 1. The number of carboxylic acid groups (broad SMARTS) is 1. The van der Waals surface area contributed by atoms with Crippen molar-refractivity contribution in [2.45, 2.75) is 6.92 Å². The Bertz CT molecular complexity index is 88.7. The fourth-order valence-corrected chi connectivity index (χ4v) is 0. The molecule has 51 valence electrons. The van der Waals surface area contributed by atoms with Gasteiger partial charge in [-0.3, -0.25) is 0 Å². The van der Waals surface area contributed by atoms with Crippen LogP contribution in [-0.2, 0) is 4.79 Å². The first kappa shape index (κ1) is 11.1. The fraction of sp³-hybridized carbons (Fsp3) is 0.250. The molecule has 0 aliphatic heterocycles. The highest BCUT2D eigenvalue weighted by atomic mass is 16.4. The predicted molar refractivity (Wildman–Crippen MR) is 32.6 cm³/mol. The van der Waals surface area contributed by atoms with Crippen LogP contribution in [0, 0.1) is 0 Å². The first-order valence-electron chi connectivity index (χ1n) is 2.05. The first-order chi connectivity index (χ1) is 4.06. The molecule has 0 rings (SSSR count). The maximum Gasteiger partial charge on any atom is 0.482 e. The summed E-state index contributed by atoms with van der Waals surface area (Å²) in [5.74, 6) is -0.935. The van der Waals surface area contributed by atoms with E-state index in [0.717, 1.165) is 0 Å². The Hall–Kier alpha value is -0.805. The lowest BCUT2D eigenvalue weighted by Gasteiger charge is -1.79. The van der Waals surface area contributed by atoms with Crippen molar-refractivity contribution >= 4 is 13.7 Å². The van der Waals surface area contributed by atoms with Gasteiger partial charge in [-0.15, -0.1) is 0 Å². The fourth-order valence-electron chi connectivity index (χ4n) is 0. The van der Waals surface area contributed by atoms with Crippen LogP contribution in [0.3, 0.4) is 0 Å². The summed E-state index contributed by atoms with van der Waals surface area (Å²) >= 11 is 0. The van der Waals surface area contributed by atoms with E-state index >= 15 is 0 Å². The van der Waals surface area contributed by atoms with Crippen molar-refractivity contribution in [2.75, 3.05) is 0 Å². The molecule has 0 unspecified atom stereocenters. The maximum atomic E-state index is 9.60. The summed E-state index contributed by atoms with van der Waals surface area (Å²) in [6.45, 7) is 4.60. The zero-order valence-corrected chi connectivity index (χ0v) is 5.03. The summed E-state index contributed by atoms with van der Waals surface area (Å²) in [6, 6.07) is 0. The minimum atomic E-state index is -0.935. The normalized spacial score (nSPS) is 6.56. The Kier molecular flexibility index (Phi) is 8.84. The Labute approximate surface area is 53.8 Å². The number of hydrogen-bond acceptors (Lipinski definition) is 3. The lowest BCUT2D eigenvalue weighted by molar-refractivity contribution is -0.132. The van der Waals surface area contributed by atoms with E-state index in [2.05, 4.69) is 6.58 Å². The topological polar surface area (TPSA) is 77.8 Å². The minimum Gasteiger partial charge on any atom is -0.478 e. The Morgan fingerprint density at radius 2 is 1.67 bits per heavy atom. The van der Waals surface area contributed by atoms with Gasteiger partial charge >= 0.3 is 13.7 Å². The second-order valence-electron chi connectivity index (χ2n) is 1.20. The average Bonchev–Trinajstić information content (AvgIpc) is 1.68. The van der Waals surface area contributed by atoms with Crippen molar-refractivity contribution in [1.29, 1.82) is 0 Å². The van der Waals surface area contributed by atoms with Gasteiger partial charge < -0.3 is 15.2 Å². The van der Waals surface area contributed by atoms with Crippen molar-refractivity contribution < 1.29 is 19.9 Å². The molecular weight excluding hydrogens is 123 g/mol. The monoisotopic (exact) mass is 131 g/mol. The average molecular weight is 131 g/mol. The smallest absolute Gasteiger partial charge is 0.478 e. The van der Waals surface area contributed by atoms with Crippen molar-refractivity contribution in [2.24, 2.45) is 0 Å². The zero-order chi connectivity index (χ0) is 7.86. The van der Waals surface area contributed by atoms with Crippen molar-refractivity contribution in [3.05, 3.63) is 12.2 Å². The molecule has 0 atom stereocenters. The first-order valence-corrected chi connectivity index (χ1v) is 2.05. The number of rotatable bonds is 1. The Morgan fingerprint density at radius 1 is 1.56 bits per heavy atom. The van der Waals surface area contributed by atoms with Crippen LogP contribution in [0.4, 0.5) is 0 Å². The zero-order valence-electron chi connectivity index (χ0n) is 5.03. The Morgan fingerprint density at radius 3 is 1.67 bits per heavy atom. The van der Waals surface area contributed by atoms with Gasteiger partial charge in [-0.25, -0.2) is 4.79 Å². The van der Waals surface area contributed by atoms with Gasteiger partial charge in [0, 0.05) is 5.57 Å². The molecule has 0 saturated carbocycles. The SMILES string of the molecule is C=C(C)C(=O)O.O[B]O. The van der Waals surface area contributed by atoms with Crippen molar-refractivity contribution in [3.8, 4) is 0 Å². The van der Waals surface area contributed by atoms with Crippen LogP contribution in [0.5, 0.6) is 0 Å². The van der Waals surface area contributed by atoms with E-state index in [0.29, 0.717) is 0 Å². The largest absolute Gasteiger partial charge is 0.482 e. The van der Waals surface area contributed by atoms with Crippen LogP contribution in [0.25, 0.3) is 0 Å². The summed E-state index contributed by atoms with van der Waals surface area (Å²) < 4.78 is 0. The molecule has 0 fully saturated rings. The van der Waals surface area contributed by atoms with Crippen LogP contribution >= 0.6 is 0 Å². The molecule has 0 heterocycles. The molecule has 0 spiro atoms. The lowest BCUT2D eigenvalue weighted by Crippen LogP contribution is -1.92. The molecule has 0 amide bonds. The van der Waals surface area contributed by atoms with Gasteiger partial charge in [0.05, 0.1) is 0 Å². The molecule has 0 bridgehead atoms. The highest BCUT2D eigenvalue weighted by Crippen LogP contribution is 1.81. The molecule has 0 aliphatic rings. The van der Waals surface area contributed by atoms with Gasteiger partial charge in [0.1, 0.15) is 0 Å². The molecular formula is C4H8BO4. The second kappa shape index (κ2) is 7.19. The quantitative estimate of drug-likeness (QED) is 0.320. The van der Waals surface area contributed by atoms with Gasteiger partial charge in [0.2, 0.25) is 0 Å². The van der Waals surface area contributed by atoms with Gasteiger partial charge in [-0.05, 0) is 6.92 Å². The molecule has 9 heavy (non-hydrogen) atoms. The molecule has 0 aliphatic carbocycles. The van der Waals surface area contributed by atoms with E-state index < -0.39 is 5.97 Å². The van der Waals surface area contributed by atoms with Crippen molar-refractivity contribution in [3.63, 3.8) is 0 Å². The minimum absolute atomic E-state index is 0. The Balaban J connectivity index is 0. The van der Waals surface area contributed by atoms with Gasteiger partial charge in [-0.1, -0.05) is 6.58 Å². The molecule has 0 aromatic heterocycles. The van der Waals surface area contributed by atoms with Crippen LogP contribution in [0.15, 0.2) is 12.2 Å². The predicted octanol–water partition coefficient (Wildman–Crippen LogP) is -0.848. The summed E-state index contributed by atoms with van der Waals surface area (Å²) in [5, 5.41) is 21.9. The van der Waals surface area contributed by atoms with E-state index in [9.17, 15) is 4.79 Å². The molecule has 0 saturated heterocycles. The van der Waals surface area contributed by atoms with Gasteiger partial charge in [-0.2, -0.15) is 0 Å². The van der Waals surface area contributed by atoms with Crippen LogP contribution in [0.1, 0.15) is 6.92 Å². The molecule has 0 aromatic carbocycles. The van der Waals surface area contributed by atoms with E-state index in [1.807, 2.05) is 0 Å². The van der Waals surface area contributed by atoms with E-state index in [-0.39, 0.29) is 13.3 Å². The number of aliphatic carboxylic acids is 1. The van der Waals surface area contributed by atoms with Crippen LogP contribution in [0.2, 0.25) is 0 Å². The van der Waals surface area contributed by atoms with Gasteiger partial charge in [0.25, 0.3) is 0 Å². The van der Waals surface area contributed by atoms with E-state index in [1.54, 1.807) is 0 Å². The molecule has 5 heteroatoms. The van der Waals surface area contributed by atoms with Crippen LogP contribution < -0.4 is 0 Å². The maximum absolute atomic E-state index is 9.60. The summed E-state index contributed by atoms with van der Waals surface area (Å²) in [4.78, 5) is 9.60. The molecule has 1 radical (unpaired) electrons. The highest BCUT2D eigenvalue weighted by Gasteiger charge is 1.90. The second-order valence-corrected chi connectivity index (χ2v) is 1.20. The van der Waals surface area contributed by atoms with E-state index in [1.165, 1.54) is 6.92 Å². The van der Waals surface area contributed by atoms with Gasteiger partial charge in [0.15, 0.2) is 0 Å². The third kappa shape index (κ3) is 19.0. The van der Waals surface area contributed by atoms with Crippen molar-refractivity contribution in [1.82, 2.24) is 0 Å². The molecule has 0 aromatic rings. The lowest BCUT2D eigenvalue weighted by atomic mass is 10.4. The molecule has 4 nitrogen and oxygen atoms in total. The number of carbonyl (C=O) groups is 1. The standard InChI is InChI=1S/C4H6O2.BH2O2/c1-3(2)4(5)6;2-1-3/h1H2,2H3,(H,5,6);2-3H. The summed E-state index contributed by atoms with van der Waals surface area (Å²) in [6.07, 6.45) is 0. The van der Waals surface area contributed by atoms with Crippen LogP contribution in [-0.4, -0.2) is 28.8 Å². The highest BCUT2D eigenvalue weighted by molar-refractivity contribution is 6.13. The summed E-state index contributed by atoms with van der Waals surface area (Å²) in [7, 11) is 0.